The first kappa shape index (κ1) is 10.9. The molecule has 4 N–H and O–H groups in total. The average Bonchev–Trinajstić information content (AvgIpc) is 2.48. The summed E-state index contributed by atoms with van der Waals surface area (Å²) in [6, 6.07) is 0. The first-order valence-electron chi connectivity index (χ1n) is 5.86. The molecule has 0 heterocycles. The molecule has 0 radical (unpaired) electrons. The van der Waals surface area contributed by atoms with Crippen molar-refractivity contribution in [3.05, 3.63) is 0 Å². The Balaban J connectivity index is 1.97. The Morgan fingerprint density at radius 2 is 1.93 bits per heavy atom. The highest BCUT2D eigenvalue weighted by molar-refractivity contribution is 5.77. The smallest absolute Gasteiger partial charge is 0.233 e. The number of amides is 1. The van der Waals surface area contributed by atoms with Gasteiger partial charge in [-0.05, 0) is 37.5 Å². The molecule has 2 fully saturated rings. The van der Waals surface area contributed by atoms with Crippen LogP contribution < -0.4 is 11.1 Å². The van der Waals surface area contributed by atoms with E-state index in [1.165, 1.54) is 6.42 Å². The number of carbonyl (C=O) groups is 1. The molecule has 4 nitrogen and oxygen atoms in total. The normalized spacial score (nSPS) is 39.1. The molecule has 2 unspecified atom stereocenters. The van der Waals surface area contributed by atoms with Crippen LogP contribution in [0.1, 0.15) is 32.1 Å². The van der Waals surface area contributed by atoms with Crippen LogP contribution in [0.15, 0.2) is 0 Å². The lowest BCUT2D eigenvalue weighted by atomic mass is 9.74. The summed E-state index contributed by atoms with van der Waals surface area (Å²) in [6.45, 7) is 0.393. The molecule has 0 saturated heterocycles. The molecule has 0 aliphatic heterocycles. The van der Waals surface area contributed by atoms with E-state index in [0.717, 1.165) is 25.7 Å². The molecule has 0 aromatic carbocycles. The summed E-state index contributed by atoms with van der Waals surface area (Å²) >= 11 is 0. The molecule has 4 heteroatoms. The van der Waals surface area contributed by atoms with Gasteiger partial charge in [0.15, 0.2) is 0 Å². The quantitative estimate of drug-likeness (QED) is 0.616. The van der Waals surface area contributed by atoms with Gasteiger partial charge in [-0.25, -0.2) is 0 Å². The SMILES string of the molecule is NCC(=O)NCC1(O)C2CCC[C@@H]1CC2. The van der Waals surface area contributed by atoms with Gasteiger partial charge in [-0.3, -0.25) is 4.79 Å². The molecule has 2 bridgehead atoms. The Morgan fingerprint density at radius 1 is 1.33 bits per heavy atom. The summed E-state index contributed by atoms with van der Waals surface area (Å²) < 4.78 is 0. The monoisotopic (exact) mass is 212 g/mol. The van der Waals surface area contributed by atoms with Gasteiger partial charge in [0.1, 0.15) is 0 Å². The molecular weight excluding hydrogens is 192 g/mol. The lowest BCUT2D eigenvalue weighted by molar-refractivity contribution is -0.123. The minimum Gasteiger partial charge on any atom is -0.387 e. The van der Waals surface area contributed by atoms with Crippen LogP contribution in [-0.2, 0) is 4.79 Å². The van der Waals surface area contributed by atoms with E-state index in [9.17, 15) is 9.90 Å². The lowest BCUT2D eigenvalue weighted by Crippen LogP contribution is -2.52. The van der Waals surface area contributed by atoms with Gasteiger partial charge < -0.3 is 16.2 Å². The van der Waals surface area contributed by atoms with Gasteiger partial charge >= 0.3 is 0 Å². The van der Waals surface area contributed by atoms with Gasteiger partial charge in [0.2, 0.25) is 5.91 Å². The Morgan fingerprint density at radius 3 is 2.47 bits per heavy atom. The van der Waals surface area contributed by atoms with E-state index < -0.39 is 5.60 Å². The van der Waals surface area contributed by atoms with Crippen LogP contribution in [0.3, 0.4) is 0 Å². The highest BCUT2D eigenvalue weighted by Crippen LogP contribution is 2.49. The highest BCUT2D eigenvalue weighted by atomic mass is 16.3. The summed E-state index contributed by atoms with van der Waals surface area (Å²) in [6.07, 6.45) is 5.65. The van der Waals surface area contributed by atoms with E-state index in [-0.39, 0.29) is 12.5 Å². The van der Waals surface area contributed by atoms with Crippen molar-refractivity contribution in [3.8, 4) is 0 Å². The van der Waals surface area contributed by atoms with Gasteiger partial charge in [0, 0.05) is 6.54 Å². The molecule has 2 aliphatic rings. The summed E-state index contributed by atoms with van der Waals surface area (Å²) in [7, 11) is 0. The molecule has 0 aromatic rings. The van der Waals surface area contributed by atoms with Gasteiger partial charge in [-0.15, -0.1) is 0 Å². The molecule has 2 saturated carbocycles. The van der Waals surface area contributed by atoms with Crippen LogP contribution in [0.25, 0.3) is 0 Å². The number of hydrogen-bond acceptors (Lipinski definition) is 3. The zero-order valence-electron chi connectivity index (χ0n) is 9.04. The Hall–Kier alpha value is -0.610. The predicted molar refractivity (Wildman–Crippen MR) is 57.1 cm³/mol. The molecule has 2 rings (SSSR count). The fraction of sp³-hybridized carbons (Fsp3) is 0.909. The second kappa shape index (κ2) is 4.10. The summed E-state index contributed by atoms with van der Waals surface area (Å²) in [5.41, 5.74) is 4.57. The summed E-state index contributed by atoms with van der Waals surface area (Å²) in [5.74, 6) is 0.594. The third-order valence-corrected chi connectivity index (χ3v) is 4.14. The fourth-order valence-corrected chi connectivity index (χ4v) is 3.24. The van der Waals surface area contributed by atoms with Crippen LogP contribution in [-0.4, -0.2) is 29.7 Å². The number of rotatable bonds is 3. The molecule has 3 atom stereocenters. The van der Waals surface area contributed by atoms with Crippen molar-refractivity contribution in [1.29, 1.82) is 0 Å². The fourth-order valence-electron chi connectivity index (χ4n) is 3.24. The molecule has 1 amide bonds. The standard InChI is InChI=1S/C11H20N2O2/c12-6-10(14)13-7-11(15)8-2-1-3-9(11)5-4-8/h8-9,15H,1-7,12H2,(H,13,14)/t8-,9?,11?/m1/s1. The third-order valence-electron chi connectivity index (χ3n) is 4.14. The number of nitrogens with two attached hydrogens (primary N) is 1. The predicted octanol–water partition coefficient (Wildman–Crippen LogP) is 0.00250. The van der Waals surface area contributed by atoms with Gasteiger partial charge in [0.05, 0.1) is 12.1 Å². The molecule has 0 spiro atoms. The van der Waals surface area contributed by atoms with Crippen LogP contribution >= 0.6 is 0 Å². The van der Waals surface area contributed by atoms with E-state index in [2.05, 4.69) is 5.32 Å². The van der Waals surface area contributed by atoms with Crippen LogP contribution in [0.5, 0.6) is 0 Å². The number of aliphatic hydroxyl groups is 1. The number of carbonyl (C=O) groups excluding carboxylic acids is 1. The van der Waals surface area contributed by atoms with Crippen molar-refractivity contribution in [2.45, 2.75) is 37.7 Å². The van der Waals surface area contributed by atoms with E-state index in [0.29, 0.717) is 18.4 Å². The van der Waals surface area contributed by atoms with Crippen molar-refractivity contribution in [1.82, 2.24) is 5.32 Å². The molecular formula is C11H20N2O2. The Labute approximate surface area is 90.2 Å². The number of fused-ring (bicyclic) bond motifs is 2. The number of hydrogen-bond donors (Lipinski definition) is 3. The summed E-state index contributed by atoms with van der Waals surface area (Å²) in [4.78, 5) is 11.1. The zero-order valence-corrected chi connectivity index (χ0v) is 9.04. The van der Waals surface area contributed by atoms with Crippen LogP contribution in [0.2, 0.25) is 0 Å². The highest BCUT2D eigenvalue weighted by Gasteiger charge is 2.50. The van der Waals surface area contributed by atoms with E-state index >= 15 is 0 Å². The molecule has 0 aromatic heterocycles. The van der Waals surface area contributed by atoms with Gasteiger partial charge in [-0.2, -0.15) is 0 Å². The van der Waals surface area contributed by atoms with E-state index in [1.807, 2.05) is 0 Å². The van der Waals surface area contributed by atoms with Crippen LogP contribution in [0, 0.1) is 11.8 Å². The van der Waals surface area contributed by atoms with Crippen molar-refractivity contribution in [3.63, 3.8) is 0 Å². The maximum atomic E-state index is 11.1. The number of nitrogens with one attached hydrogen (secondary N) is 1. The first-order chi connectivity index (χ1) is 7.16. The van der Waals surface area contributed by atoms with Crippen molar-refractivity contribution in [2.24, 2.45) is 17.6 Å². The molecule has 15 heavy (non-hydrogen) atoms. The minimum atomic E-state index is -0.650. The second-order valence-corrected chi connectivity index (χ2v) is 4.87. The topological polar surface area (TPSA) is 75.4 Å². The first-order valence-corrected chi connectivity index (χ1v) is 5.86. The van der Waals surface area contributed by atoms with Crippen molar-refractivity contribution in [2.75, 3.05) is 13.1 Å². The van der Waals surface area contributed by atoms with E-state index in [4.69, 9.17) is 5.73 Å². The van der Waals surface area contributed by atoms with Crippen molar-refractivity contribution >= 4 is 5.91 Å². The Bertz CT molecular complexity index is 239. The van der Waals surface area contributed by atoms with Crippen LogP contribution in [0.4, 0.5) is 0 Å². The van der Waals surface area contributed by atoms with Gasteiger partial charge in [0.25, 0.3) is 0 Å². The molecule has 86 valence electrons. The van der Waals surface area contributed by atoms with E-state index in [1.54, 1.807) is 0 Å². The second-order valence-electron chi connectivity index (χ2n) is 4.87. The largest absolute Gasteiger partial charge is 0.387 e. The Kier molecular flexibility index (Phi) is 2.98. The summed E-state index contributed by atoms with van der Waals surface area (Å²) in [5, 5.41) is 13.3. The maximum absolute atomic E-state index is 11.1. The third kappa shape index (κ3) is 1.88. The maximum Gasteiger partial charge on any atom is 0.233 e. The average molecular weight is 212 g/mol. The van der Waals surface area contributed by atoms with Crippen molar-refractivity contribution < 1.29 is 9.90 Å². The zero-order chi connectivity index (χ0) is 10.9. The minimum absolute atomic E-state index is 0.00537. The molecule has 2 aliphatic carbocycles. The van der Waals surface area contributed by atoms with Gasteiger partial charge in [-0.1, -0.05) is 6.42 Å². The lowest BCUT2D eigenvalue weighted by Gasteiger charge is -2.39.